The van der Waals surface area contributed by atoms with Crippen LogP contribution in [0.5, 0.6) is 0 Å². The summed E-state index contributed by atoms with van der Waals surface area (Å²) < 4.78 is 4.82. The second-order valence-corrected chi connectivity index (χ2v) is 4.43. The number of likely N-dealkylation sites (N-methyl/N-ethyl adjacent to an activating group) is 1. The zero-order valence-electron chi connectivity index (χ0n) is 9.99. The van der Waals surface area contributed by atoms with E-state index in [-0.39, 0.29) is 12.0 Å². The fraction of sp³-hybridized carbons (Fsp3) is 0.462. The van der Waals surface area contributed by atoms with Crippen LogP contribution in [-0.4, -0.2) is 31.1 Å². The van der Waals surface area contributed by atoms with E-state index >= 15 is 0 Å². The highest BCUT2D eigenvalue weighted by molar-refractivity contribution is 5.76. The number of fused-ring (bicyclic) bond motifs is 1. The Morgan fingerprint density at radius 1 is 1.44 bits per heavy atom. The molecule has 0 N–H and O–H groups in total. The van der Waals surface area contributed by atoms with Crippen LogP contribution in [0.1, 0.15) is 16.7 Å². The van der Waals surface area contributed by atoms with Crippen molar-refractivity contribution in [2.45, 2.75) is 25.9 Å². The van der Waals surface area contributed by atoms with E-state index in [1.165, 1.54) is 23.8 Å². The molecule has 0 spiro atoms. The SMILES string of the molecule is COC(=O)C1Cc2ccc(C)cc2CN1C. The van der Waals surface area contributed by atoms with Crippen LogP contribution in [0.4, 0.5) is 0 Å². The fourth-order valence-corrected chi connectivity index (χ4v) is 2.24. The van der Waals surface area contributed by atoms with Gasteiger partial charge in [0.1, 0.15) is 6.04 Å². The predicted molar refractivity (Wildman–Crippen MR) is 62.2 cm³/mol. The third kappa shape index (κ3) is 1.95. The summed E-state index contributed by atoms with van der Waals surface area (Å²) in [5.74, 6) is -0.145. The Morgan fingerprint density at radius 3 is 2.88 bits per heavy atom. The maximum atomic E-state index is 11.6. The number of aryl methyl sites for hydroxylation is 1. The van der Waals surface area contributed by atoms with Gasteiger partial charge in [-0.15, -0.1) is 0 Å². The maximum Gasteiger partial charge on any atom is 0.323 e. The zero-order valence-corrected chi connectivity index (χ0v) is 9.99. The fourth-order valence-electron chi connectivity index (χ4n) is 2.24. The Hall–Kier alpha value is -1.35. The lowest BCUT2D eigenvalue weighted by atomic mass is 9.93. The summed E-state index contributed by atoms with van der Waals surface area (Å²) in [5, 5.41) is 0. The molecule has 86 valence electrons. The molecule has 16 heavy (non-hydrogen) atoms. The molecule has 0 aromatic heterocycles. The molecule has 3 heteroatoms. The van der Waals surface area contributed by atoms with Crippen molar-refractivity contribution in [3.8, 4) is 0 Å². The highest BCUT2D eigenvalue weighted by atomic mass is 16.5. The molecule has 0 saturated carbocycles. The van der Waals surface area contributed by atoms with Gasteiger partial charge in [0.15, 0.2) is 0 Å². The summed E-state index contributed by atoms with van der Waals surface area (Å²) in [6, 6.07) is 6.27. The number of methoxy groups -OCH3 is 1. The summed E-state index contributed by atoms with van der Waals surface area (Å²) in [4.78, 5) is 13.6. The molecule has 1 aliphatic heterocycles. The van der Waals surface area contributed by atoms with E-state index in [1.54, 1.807) is 0 Å². The summed E-state index contributed by atoms with van der Waals surface area (Å²) >= 11 is 0. The molecule has 1 aromatic rings. The van der Waals surface area contributed by atoms with Gasteiger partial charge in [0, 0.05) is 6.54 Å². The summed E-state index contributed by atoms with van der Waals surface area (Å²) in [5.41, 5.74) is 3.85. The molecule has 2 rings (SSSR count). The number of nitrogens with zero attached hydrogens (tertiary/aromatic N) is 1. The maximum absolute atomic E-state index is 11.6. The Labute approximate surface area is 96.0 Å². The van der Waals surface area contributed by atoms with Crippen LogP contribution in [0.2, 0.25) is 0 Å². The number of hydrogen-bond acceptors (Lipinski definition) is 3. The number of hydrogen-bond donors (Lipinski definition) is 0. The molecule has 0 aliphatic carbocycles. The van der Waals surface area contributed by atoms with Crippen molar-refractivity contribution in [1.29, 1.82) is 0 Å². The summed E-state index contributed by atoms with van der Waals surface area (Å²) in [6.45, 7) is 2.91. The van der Waals surface area contributed by atoms with E-state index in [9.17, 15) is 4.79 Å². The first kappa shape index (κ1) is 11.1. The van der Waals surface area contributed by atoms with Crippen molar-refractivity contribution in [3.05, 3.63) is 34.9 Å². The number of carbonyl (C=O) groups excluding carboxylic acids is 1. The lowest BCUT2D eigenvalue weighted by Crippen LogP contribution is -2.43. The van der Waals surface area contributed by atoms with Crippen molar-refractivity contribution in [2.24, 2.45) is 0 Å². The average molecular weight is 219 g/mol. The van der Waals surface area contributed by atoms with E-state index < -0.39 is 0 Å². The van der Waals surface area contributed by atoms with Gasteiger partial charge in [0.05, 0.1) is 7.11 Å². The molecule has 0 saturated heterocycles. The van der Waals surface area contributed by atoms with Gasteiger partial charge in [0.2, 0.25) is 0 Å². The third-order valence-electron chi connectivity index (χ3n) is 3.20. The highest BCUT2D eigenvalue weighted by Gasteiger charge is 2.29. The predicted octanol–water partition coefficient (Wildman–Crippen LogP) is 1.52. The van der Waals surface area contributed by atoms with Gasteiger partial charge in [-0.1, -0.05) is 23.8 Å². The van der Waals surface area contributed by atoms with Crippen LogP contribution >= 0.6 is 0 Å². The van der Waals surface area contributed by atoms with Crippen LogP contribution in [-0.2, 0) is 22.5 Å². The van der Waals surface area contributed by atoms with E-state index in [2.05, 4.69) is 25.1 Å². The molecule has 0 amide bonds. The number of ether oxygens (including phenoxy) is 1. The van der Waals surface area contributed by atoms with Crippen molar-refractivity contribution < 1.29 is 9.53 Å². The van der Waals surface area contributed by atoms with E-state index in [4.69, 9.17) is 4.74 Å². The lowest BCUT2D eigenvalue weighted by Gasteiger charge is -2.32. The summed E-state index contributed by atoms with van der Waals surface area (Å²) in [7, 11) is 3.41. The van der Waals surface area contributed by atoms with Gasteiger partial charge in [0.25, 0.3) is 0 Å². The second kappa shape index (κ2) is 4.26. The number of carbonyl (C=O) groups is 1. The first-order valence-corrected chi connectivity index (χ1v) is 5.48. The van der Waals surface area contributed by atoms with Crippen molar-refractivity contribution in [3.63, 3.8) is 0 Å². The topological polar surface area (TPSA) is 29.5 Å². The van der Waals surface area contributed by atoms with Gasteiger partial charge in [-0.05, 0) is 31.5 Å². The number of benzene rings is 1. The first-order chi connectivity index (χ1) is 7.61. The Balaban J connectivity index is 2.28. The largest absolute Gasteiger partial charge is 0.468 e. The van der Waals surface area contributed by atoms with Gasteiger partial charge < -0.3 is 4.74 Å². The van der Waals surface area contributed by atoms with E-state index in [1.807, 2.05) is 11.9 Å². The molecule has 1 aromatic carbocycles. The van der Waals surface area contributed by atoms with Gasteiger partial charge >= 0.3 is 5.97 Å². The van der Waals surface area contributed by atoms with Gasteiger partial charge in [-0.3, -0.25) is 9.69 Å². The molecular weight excluding hydrogens is 202 g/mol. The molecular formula is C13H17NO2. The molecule has 1 unspecified atom stereocenters. The Morgan fingerprint density at radius 2 is 2.19 bits per heavy atom. The number of rotatable bonds is 1. The van der Waals surface area contributed by atoms with Crippen molar-refractivity contribution in [1.82, 2.24) is 4.90 Å². The van der Waals surface area contributed by atoms with Crippen molar-refractivity contribution in [2.75, 3.05) is 14.2 Å². The minimum atomic E-state index is -0.145. The minimum absolute atomic E-state index is 0.139. The molecule has 0 radical (unpaired) electrons. The smallest absolute Gasteiger partial charge is 0.323 e. The third-order valence-corrected chi connectivity index (χ3v) is 3.20. The molecule has 3 nitrogen and oxygen atoms in total. The van der Waals surface area contributed by atoms with E-state index in [0.717, 1.165) is 13.0 Å². The Kier molecular flexibility index (Phi) is 2.97. The summed E-state index contributed by atoms with van der Waals surface area (Å²) in [6.07, 6.45) is 0.749. The van der Waals surface area contributed by atoms with Gasteiger partial charge in [-0.25, -0.2) is 0 Å². The van der Waals surface area contributed by atoms with Crippen LogP contribution in [0.3, 0.4) is 0 Å². The zero-order chi connectivity index (χ0) is 11.7. The first-order valence-electron chi connectivity index (χ1n) is 5.48. The Bertz CT molecular complexity index is 414. The van der Waals surface area contributed by atoms with Crippen LogP contribution in [0.15, 0.2) is 18.2 Å². The number of esters is 1. The van der Waals surface area contributed by atoms with Crippen LogP contribution < -0.4 is 0 Å². The second-order valence-electron chi connectivity index (χ2n) is 4.43. The molecule has 0 fully saturated rings. The molecule has 1 heterocycles. The quantitative estimate of drug-likeness (QED) is 0.671. The standard InChI is InChI=1S/C13H17NO2/c1-9-4-5-10-7-12(13(15)16-3)14(2)8-11(10)6-9/h4-6,12H,7-8H2,1-3H3. The van der Waals surface area contributed by atoms with Crippen LogP contribution in [0.25, 0.3) is 0 Å². The minimum Gasteiger partial charge on any atom is -0.468 e. The highest BCUT2D eigenvalue weighted by Crippen LogP contribution is 2.23. The normalized spacial score (nSPS) is 20.3. The van der Waals surface area contributed by atoms with Crippen LogP contribution in [0, 0.1) is 6.92 Å². The van der Waals surface area contributed by atoms with Crippen molar-refractivity contribution >= 4 is 5.97 Å². The molecule has 1 aliphatic rings. The lowest BCUT2D eigenvalue weighted by molar-refractivity contribution is -0.147. The van der Waals surface area contributed by atoms with Gasteiger partial charge in [-0.2, -0.15) is 0 Å². The monoisotopic (exact) mass is 219 g/mol. The molecule has 0 bridgehead atoms. The molecule has 1 atom stereocenters. The average Bonchev–Trinajstić information content (AvgIpc) is 2.27. The van der Waals surface area contributed by atoms with E-state index in [0.29, 0.717) is 0 Å².